The Kier molecular flexibility index (Phi) is 5.65. The van der Waals surface area contributed by atoms with Gasteiger partial charge in [0.15, 0.2) is 21.3 Å². The summed E-state index contributed by atoms with van der Waals surface area (Å²) in [7, 11) is -3.37. The van der Waals surface area contributed by atoms with Gasteiger partial charge in [0.1, 0.15) is 16.2 Å². The molecular formula is C18H20ClN7O3S. The Morgan fingerprint density at radius 1 is 1.13 bits per heavy atom. The van der Waals surface area contributed by atoms with Gasteiger partial charge in [0.25, 0.3) is 5.56 Å². The first-order valence-electron chi connectivity index (χ1n) is 9.61. The van der Waals surface area contributed by atoms with Crippen LogP contribution in [0.15, 0.2) is 28.3 Å². The number of hydrogen-bond donors (Lipinski definition) is 1. The number of fused-ring (bicyclic) bond motifs is 1. The molecule has 3 heterocycles. The molecule has 0 atom stereocenters. The fourth-order valence-corrected chi connectivity index (χ4v) is 4.41. The highest BCUT2D eigenvalue weighted by Gasteiger charge is 2.23. The first-order chi connectivity index (χ1) is 14.4. The normalized spacial score (nSPS) is 15.0. The van der Waals surface area contributed by atoms with E-state index in [9.17, 15) is 13.2 Å². The van der Waals surface area contributed by atoms with Crippen molar-refractivity contribution in [1.29, 1.82) is 0 Å². The molecule has 1 fully saturated rings. The molecule has 158 valence electrons. The molecule has 0 aliphatic heterocycles. The van der Waals surface area contributed by atoms with Crippen molar-refractivity contribution in [1.82, 2.24) is 29.5 Å². The van der Waals surface area contributed by atoms with Gasteiger partial charge >= 0.3 is 0 Å². The van der Waals surface area contributed by atoms with E-state index in [1.165, 1.54) is 18.6 Å². The number of halogens is 1. The molecule has 12 heteroatoms. The van der Waals surface area contributed by atoms with Gasteiger partial charge in [0.05, 0.1) is 18.5 Å². The molecule has 1 saturated carbocycles. The zero-order valence-corrected chi connectivity index (χ0v) is 17.8. The van der Waals surface area contributed by atoms with Crippen LogP contribution >= 0.6 is 11.6 Å². The van der Waals surface area contributed by atoms with Crippen LogP contribution in [-0.4, -0.2) is 43.7 Å². The molecule has 0 amide bonds. The van der Waals surface area contributed by atoms with E-state index < -0.39 is 9.84 Å². The van der Waals surface area contributed by atoms with Crippen LogP contribution in [0.1, 0.15) is 44.5 Å². The minimum absolute atomic E-state index is 0.0260. The van der Waals surface area contributed by atoms with Crippen molar-refractivity contribution in [2.45, 2.75) is 50.1 Å². The maximum atomic E-state index is 13.1. The van der Waals surface area contributed by atoms with E-state index >= 15 is 0 Å². The average molecular weight is 450 g/mol. The van der Waals surface area contributed by atoms with Crippen LogP contribution in [0, 0.1) is 0 Å². The monoisotopic (exact) mass is 449 g/mol. The van der Waals surface area contributed by atoms with Crippen LogP contribution in [0.5, 0.6) is 0 Å². The van der Waals surface area contributed by atoms with Crippen LogP contribution in [0.3, 0.4) is 0 Å². The van der Waals surface area contributed by atoms with Crippen molar-refractivity contribution >= 4 is 38.4 Å². The highest BCUT2D eigenvalue weighted by molar-refractivity contribution is 7.91. The van der Waals surface area contributed by atoms with E-state index in [4.69, 9.17) is 11.6 Å². The van der Waals surface area contributed by atoms with E-state index in [1.807, 2.05) is 0 Å². The Morgan fingerprint density at radius 2 is 1.83 bits per heavy atom. The Morgan fingerprint density at radius 3 is 2.50 bits per heavy atom. The summed E-state index contributed by atoms with van der Waals surface area (Å²) in [6.07, 6.45) is 7.88. The maximum Gasteiger partial charge on any atom is 0.295 e. The minimum atomic E-state index is -3.37. The zero-order chi connectivity index (χ0) is 21.3. The molecule has 1 aliphatic rings. The van der Waals surface area contributed by atoms with Crippen LogP contribution in [0.25, 0.3) is 11.2 Å². The second kappa shape index (κ2) is 8.23. The second-order valence-corrected chi connectivity index (χ2v) is 9.63. The van der Waals surface area contributed by atoms with Crippen LogP contribution in [-0.2, 0) is 16.4 Å². The molecule has 4 rings (SSSR count). The van der Waals surface area contributed by atoms with Crippen molar-refractivity contribution in [2.75, 3.05) is 11.1 Å². The van der Waals surface area contributed by atoms with Crippen LogP contribution in [0.4, 0.5) is 5.82 Å². The molecule has 0 spiro atoms. The number of rotatable bonds is 6. The minimum Gasteiger partial charge on any atom is -0.358 e. The molecule has 0 saturated heterocycles. The van der Waals surface area contributed by atoms with Gasteiger partial charge < -0.3 is 5.32 Å². The van der Waals surface area contributed by atoms with E-state index in [0.717, 1.165) is 25.7 Å². The maximum absolute atomic E-state index is 13.1. The first-order valence-corrected chi connectivity index (χ1v) is 11.6. The molecular weight excluding hydrogens is 430 g/mol. The molecule has 3 aromatic heterocycles. The molecule has 0 aromatic carbocycles. The number of aromatic nitrogens is 6. The van der Waals surface area contributed by atoms with E-state index in [0.29, 0.717) is 17.0 Å². The van der Waals surface area contributed by atoms with Gasteiger partial charge in [-0.2, -0.15) is 4.98 Å². The SMILES string of the molecule is CCS(=O)(=O)c1cnc(CNc2nc3cnc(Cl)nc3n(C3CCCC3)c2=O)nc1. The summed E-state index contributed by atoms with van der Waals surface area (Å²) in [6.45, 7) is 1.67. The lowest BCUT2D eigenvalue weighted by atomic mass is 10.2. The molecule has 3 aromatic rings. The summed E-state index contributed by atoms with van der Waals surface area (Å²) in [5.74, 6) is 0.446. The standard InChI is InChI=1S/C18H20ClN7O3S/c1-2-30(28,29)12-7-20-14(21-8-12)10-22-15-17(27)26(11-5-3-4-6-11)16-13(24-15)9-23-18(19)25-16/h7-9,11H,2-6,10H2,1H3,(H,22,24). The van der Waals surface area contributed by atoms with Gasteiger partial charge in [-0.1, -0.05) is 19.8 Å². The van der Waals surface area contributed by atoms with Crippen molar-refractivity contribution in [3.05, 3.63) is 40.1 Å². The Balaban J connectivity index is 1.65. The number of nitrogens with one attached hydrogen (secondary N) is 1. The fraction of sp³-hybridized carbons (Fsp3) is 0.444. The average Bonchev–Trinajstić information content (AvgIpc) is 3.27. The lowest BCUT2D eigenvalue weighted by Crippen LogP contribution is -2.28. The highest BCUT2D eigenvalue weighted by atomic mass is 35.5. The van der Waals surface area contributed by atoms with Crippen molar-refractivity contribution < 1.29 is 8.42 Å². The third kappa shape index (κ3) is 3.99. The fourth-order valence-electron chi connectivity index (χ4n) is 3.52. The molecule has 0 radical (unpaired) electrons. The predicted molar refractivity (Wildman–Crippen MR) is 111 cm³/mol. The van der Waals surface area contributed by atoms with Crippen LogP contribution in [0.2, 0.25) is 5.28 Å². The topological polar surface area (TPSA) is 133 Å². The van der Waals surface area contributed by atoms with E-state index in [-0.39, 0.29) is 39.9 Å². The van der Waals surface area contributed by atoms with Gasteiger partial charge in [0, 0.05) is 18.4 Å². The third-order valence-corrected chi connectivity index (χ3v) is 7.00. The lowest BCUT2D eigenvalue weighted by molar-refractivity contribution is 0.514. The Hall–Kier alpha value is -2.66. The Labute approximate surface area is 177 Å². The third-order valence-electron chi connectivity index (χ3n) is 5.13. The van der Waals surface area contributed by atoms with Gasteiger partial charge in [-0.05, 0) is 24.4 Å². The summed E-state index contributed by atoms with van der Waals surface area (Å²) >= 11 is 5.95. The zero-order valence-electron chi connectivity index (χ0n) is 16.2. The number of anilines is 1. The van der Waals surface area contributed by atoms with Gasteiger partial charge in [-0.3, -0.25) is 9.36 Å². The summed E-state index contributed by atoms with van der Waals surface area (Å²) in [6, 6.07) is 0.0318. The summed E-state index contributed by atoms with van der Waals surface area (Å²) in [4.78, 5) is 33.9. The van der Waals surface area contributed by atoms with Crippen molar-refractivity contribution in [3.8, 4) is 0 Å². The predicted octanol–water partition coefficient (Wildman–Crippen LogP) is 2.15. The lowest BCUT2D eigenvalue weighted by Gasteiger charge is -2.17. The molecule has 1 N–H and O–H groups in total. The number of hydrogen-bond acceptors (Lipinski definition) is 9. The quantitative estimate of drug-likeness (QED) is 0.561. The van der Waals surface area contributed by atoms with Crippen molar-refractivity contribution in [3.63, 3.8) is 0 Å². The molecule has 0 bridgehead atoms. The highest BCUT2D eigenvalue weighted by Crippen LogP contribution is 2.30. The number of sulfone groups is 1. The molecule has 1 aliphatic carbocycles. The molecule has 0 unspecified atom stereocenters. The van der Waals surface area contributed by atoms with Crippen LogP contribution < -0.4 is 10.9 Å². The van der Waals surface area contributed by atoms with Gasteiger partial charge in [-0.25, -0.2) is 28.4 Å². The van der Waals surface area contributed by atoms with Gasteiger partial charge in [0.2, 0.25) is 5.28 Å². The Bertz CT molecular complexity index is 1240. The summed E-state index contributed by atoms with van der Waals surface area (Å²) < 4.78 is 25.4. The molecule has 10 nitrogen and oxygen atoms in total. The first kappa shape index (κ1) is 20.6. The summed E-state index contributed by atoms with van der Waals surface area (Å²) in [5, 5.41) is 3.03. The van der Waals surface area contributed by atoms with E-state index in [2.05, 4.69) is 30.2 Å². The van der Waals surface area contributed by atoms with Crippen molar-refractivity contribution in [2.24, 2.45) is 0 Å². The second-order valence-electron chi connectivity index (χ2n) is 7.01. The number of nitrogens with zero attached hydrogens (tertiary/aromatic N) is 6. The van der Waals surface area contributed by atoms with Gasteiger partial charge in [-0.15, -0.1) is 0 Å². The van der Waals surface area contributed by atoms with E-state index in [1.54, 1.807) is 11.5 Å². The smallest absolute Gasteiger partial charge is 0.295 e. The summed E-state index contributed by atoms with van der Waals surface area (Å²) in [5.41, 5.74) is 0.580. The largest absolute Gasteiger partial charge is 0.358 e. The molecule has 30 heavy (non-hydrogen) atoms.